The smallest absolute Gasteiger partial charge is 0.0225 e. The predicted molar refractivity (Wildman–Crippen MR) is 59.9 cm³/mol. The van der Waals surface area contributed by atoms with Crippen LogP contribution in [0.2, 0.25) is 0 Å². The first-order valence-corrected chi connectivity index (χ1v) is 5.96. The Bertz CT molecular complexity index is 110. The number of hydrogen-bond acceptors (Lipinski definition) is 2. The molecule has 0 radical (unpaired) electrons. The van der Waals surface area contributed by atoms with Gasteiger partial charge in [0, 0.05) is 11.3 Å². The molecule has 0 heterocycles. The predicted octanol–water partition coefficient (Wildman–Crippen LogP) is 2.76. The van der Waals surface area contributed by atoms with Crippen molar-refractivity contribution in [1.29, 1.82) is 0 Å². The summed E-state index contributed by atoms with van der Waals surface area (Å²) >= 11 is 1.92. The van der Waals surface area contributed by atoms with Gasteiger partial charge in [-0.1, -0.05) is 13.8 Å². The fourth-order valence-corrected chi connectivity index (χ4v) is 1.10. The average Bonchev–Trinajstić information content (AvgIpc) is 1.98. The summed E-state index contributed by atoms with van der Waals surface area (Å²) in [6.45, 7) is 11.4. The molecular weight excluding hydrogens is 166 g/mol. The lowest BCUT2D eigenvalue weighted by Gasteiger charge is -2.22. The molecule has 0 spiro atoms. The van der Waals surface area contributed by atoms with E-state index in [1.165, 1.54) is 6.42 Å². The minimum Gasteiger partial charge on any atom is -0.315 e. The van der Waals surface area contributed by atoms with Crippen molar-refractivity contribution in [2.45, 2.75) is 38.9 Å². The second-order valence-electron chi connectivity index (χ2n) is 4.32. The first-order chi connectivity index (χ1) is 5.48. The van der Waals surface area contributed by atoms with E-state index in [-0.39, 0.29) is 0 Å². The lowest BCUT2D eigenvalue weighted by molar-refractivity contribution is 0.514. The van der Waals surface area contributed by atoms with Gasteiger partial charge < -0.3 is 5.32 Å². The third-order valence-electron chi connectivity index (χ3n) is 2.00. The highest BCUT2D eigenvalue weighted by atomic mass is 32.2. The highest BCUT2D eigenvalue weighted by Gasteiger charge is 2.14. The maximum absolute atomic E-state index is 3.49. The maximum atomic E-state index is 3.49. The van der Waals surface area contributed by atoms with Gasteiger partial charge in [-0.15, -0.1) is 0 Å². The molecule has 1 N–H and O–H groups in total. The van der Waals surface area contributed by atoms with E-state index < -0.39 is 0 Å². The van der Waals surface area contributed by atoms with Gasteiger partial charge in [-0.05, 0) is 39.0 Å². The van der Waals surface area contributed by atoms with Crippen LogP contribution in [0.5, 0.6) is 0 Å². The van der Waals surface area contributed by atoms with Crippen molar-refractivity contribution in [2.75, 3.05) is 19.3 Å². The molecule has 0 saturated carbocycles. The first kappa shape index (κ1) is 12.3. The molecule has 12 heavy (non-hydrogen) atoms. The molecule has 0 aliphatic heterocycles. The van der Waals surface area contributed by atoms with E-state index in [2.05, 4.69) is 39.3 Å². The second-order valence-corrected chi connectivity index (χ2v) is 5.84. The average molecular weight is 189 g/mol. The van der Waals surface area contributed by atoms with E-state index in [4.69, 9.17) is 0 Å². The summed E-state index contributed by atoms with van der Waals surface area (Å²) in [5.74, 6) is 0.815. The standard InChI is InChI=1S/C10H23NS/c1-9(2)6-7-11-8-10(3,4)12-5/h9,11H,6-8H2,1-5H3. The molecule has 0 aromatic rings. The summed E-state index contributed by atoms with van der Waals surface area (Å²) < 4.78 is 0.386. The van der Waals surface area contributed by atoms with Gasteiger partial charge in [0.2, 0.25) is 0 Å². The van der Waals surface area contributed by atoms with Gasteiger partial charge in [0.25, 0.3) is 0 Å². The first-order valence-electron chi connectivity index (χ1n) is 4.74. The Morgan fingerprint density at radius 2 is 1.92 bits per heavy atom. The molecular formula is C10H23NS. The lowest BCUT2D eigenvalue weighted by Crippen LogP contribution is -2.32. The Kier molecular flexibility index (Phi) is 6.02. The number of hydrogen-bond donors (Lipinski definition) is 1. The fraction of sp³-hybridized carbons (Fsp3) is 1.00. The van der Waals surface area contributed by atoms with Crippen LogP contribution in [-0.4, -0.2) is 24.1 Å². The number of thioether (sulfide) groups is 1. The molecule has 0 rings (SSSR count). The van der Waals surface area contributed by atoms with Crippen molar-refractivity contribution in [1.82, 2.24) is 5.32 Å². The minimum atomic E-state index is 0.386. The van der Waals surface area contributed by atoms with Crippen LogP contribution in [0, 0.1) is 5.92 Å². The molecule has 0 fully saturated rings. The van der Waals surface area contributed by atoms with Crippen molar-refractivity contribution in [3.05, 3.63) is 0 Å². The summed E-state index contributed by atoms with van der Waals surface area (Å²) in [6, 6.07) is 0. The monoisotopic (exact) mass is 189 g/mol. The molecule has 2 heteroatoms. The van der Waals surface area contributed by atoms with Crippen LogP contribution < -0.4 is 5.32 Å². The summed E-state index contributed by atoms with van der Waals surface area (Å²) in [5, 5.41) is 3.49. The highest BCUT2D eigenvalue weighted by Crippen LogP contribution is 2.19. The van der Waals surface area contributed by atoms with Gasteiger partial charge >= 0.3 is 0 Å². The largest absolute Gasteiger partial charge is 0.315 e. The van der Waals surface area contributed by atoms with E-state index in [9.17, 15) is 0 Å². The zero-order valence-corrected chi connectivity index (χ0v) is 9.92. The van der Waals surface area contributed by atoms with Gasteiger partial charge in [-0.3, -0.25) is 0 Å². The van der Waals surface area contributed by atoms with Crippen LogP contribution in [-0.2, 0) is 0 Å². The minimum absolute atomic E-state index is 0.386. The van der Waals surface area contributed by atoms with Gasteiger partial charge in [0.15, 0.2) is 0 Å². The molecule has 0 unspecified atom stereocenters. The summed E-state index contributed by atoms with van der Waals surface area (Å²) in [4.78, 5) is 0. The van der Waals surface area contributed by atoms with Crippen molar-refractivity contribution >= 4 is 11.8 Å². The number of nitrogens with one attached hydrogen (secondary N) is 1. The Balaban J connectivity index is 3.31. The van der Waals surface area contributed by atoms with Crippen molar-refractivity contribution in [3.63, 3.8) is 0 Å². The van der Waals surface area contributed by atoms with E-state index in [0.717, 1.165) is 19.0 Å². The zero-order chi connectivity index (χ0) is 9.61. The van der Waals surface area contributed by atoms with E-state index in [0.29, 0.717) is 4.75 Å². The Morgan fingerprint density at radius 3 is 2.33 bits per heavy atom. The molecule has 0 aliphatic carbocycles. The van der Waals surface area contributed by atoms with Gasteiger partial charge in [0.1, 0.15) is 0 Å². The van der Waals surface area contributed by atoms with Crippen LogP contribution in [0.25, 0.3) is 0 Å². The summed E-state index contributed by atoms with van der Waals surface area (Å²) in [7, 11) is 0. The molecule has 0 atom stereocenters. The van der Waals surface area contributed by atoms with E-state index in [1.807, 2.05) is 11.8 Å². The Morgan fingerprint density at radius 1 is 1.33 bits per heavy atom. The summed E-state index contributed by atoms with van der Waals surface area (Å²) in [5.41, 5.74) is 0. The Hall–Kier alpha value is 0.310. The molecule has 1 nitrogen and oxygen atoms in total. The molecule has 0 aromatic heterocycles. The quantitative estimate of drug-likeness (QED) is 0.645. The van der Waals surface area contributed by atoms with Gasteiger partial charge in [-0.2, -0.15) is 11.8 Å². The fourth-order valence-electron chi connectivity index (χ4n) is 0.852. The second kappa shape index (κ2) is 5.87. The molecule has 0 aromatic carbocycles. The lowest BCUT2D eigenvalue weighted by atomic mass is 10.1. The van der Waals surface area contributed by atoms with E-state index >= 15 is 0 Å². The normalized spacial score (nSPS) is 12.5. The SMILES string of the molecule is CSC(C)(C)CNCCC(C)C. The van der Waals surface area contributed by atoms with Crippen molar-refractivity contribution in [3.8, 4) is 0 Å². The molecule has 0 bridgehead atoms. The Labute approximate surface area is 81.7 Å². The van der Waals surface area contributed by atoms with E-state index in [1.54, 1.807) is 0 Å². The summed E-state index contributed by atoms with van der Waals surface area (Å²) in [6.07, 6.45) is 3.45. The van der Waals surface area contributed by atoms with Crippen LogP contribution in [0.1, 0.15) is 34.1 Å². The molecule has 74 valence electrons. The van der Waals surface area contributed by atoms with Gasteiger partial charge in [-0.25, -0.2) is 0 Å². The molecule has 0 saturated heterocycles. The van der Waals surface area contributed by atoms with Crippen LogP contribution in [0.3, 0.4) is 0 Å². The van der Waals surface area contributed by atoms with Crippen LogP contribution >= 0.6 is 11.8 Å². The highest BCUT2D eigenvalue weighted by molar-refractivity contribution is 7.99. The van der Waals surface area contributed by atoms with Crippen molar-refractivity contribution in [2.24, 2.45) is 5.92 Å². The van der Waals surface area contributed by atoms with Gasteiger partial charge in [0.05, 0.1) is 0 Å². The topological polar surface area (TPSA) is 12.0 Å². The van der Waals surface area contributed by atoms with Crippen LogP contribution in [0.4, 0.5) is 0 Å². The third kappa shape index (κ3) is 6.99. The number of rotatable bonds is 6. The van der Waals surface area contributed by atoms with Crippen LogP contribution in [0.15, 0.2) is 0 Å². The maximum Gasteiger partial charge on any atom is 0.0225 e. The van der Waals surface area contributed by atoms with Crippen molar-refractivity contribution < 1.29 is 0 Å². The zero-order valence-electron chi connectivity index (χ0n) is 9.11. The third-order valence-corrected chi connectivity index (χ3v) is 3.25. The molecule has 0 amide bonds. The molecule has 0 aliphatic rings.